The lowest BCUT2D eigenvalue weighted by Gasteiger charge is -2.15. The van der Waals surface area contributed by atoms with Crippen LogP contribution in [0.3, 0.4) is 0 Å². The van der Waals surface area contributed by atoms with Crippen LogP contribution in [0.4, 0.5) is 4.79 Å². The summed E-state index contributed by atoms with van der Waals surface area (Å²) in [6, 6.07) is 0. The predicted molar refractivity (Wildman–Crippen MR) is 108 cm³/mol. The van der Waals surface area contributed by atoms with Gasteiger partial charge in [-0.15, -0.1) is 0 Å². The molecule has 0 aliphatic carbocycles. The lowest BCUT2D eigenvalue weighted by molar-refractivity contribution is -0.140. The maximum Gasteiger partial charge on any atom is 0.513 e. The van der Waals surface area contributed by atoms with Crippen molar-refractivity contribution in [3.8, 4) is 0 Å². The van der Waals surface area contributed by atoms with Gasteiger partial charge < -0.3 is 14.2 Å². The fraction of sp³-hybridized carbons (Fsp3) is 0.727. The molecule has 0 fully saturated rings. The fourth-order valence-corrected chi connectivity index (χ4v) is 2.79. The van der Waals surface area contributed by atoms with Gasteiger partial charge in [-0.05, 0) is 32.1 Å². The van der Waals surface area contributed by atoms with Gasteiger partial charge in [-0.1, -0.05) is 64.2 Å². The fourth-order valence-electron chi connectivity index (χ4n) is 2.79. The Balaban J connectivity index is 3.88. The Kier molecular flexibility index (Phi) is 17.7. The van der Waals surface area contributed by atoms with E-state index in [0.29, 0.717) is 6.42 Å². The van der Waals surface area contributed by atoms with Crippen molar-refractivity contribution in [2.45, 2.75) is 96.5 Å². The summed E-state index contributed by atoms with van der Waals surface area (Å²) in [4.78, 5) is 22.5. The maximum absolute atomic E-state index is 11.5. The number of hydrogen-bond acceptors (Lipinski definition) is 5. The number of ether oxygens (including phenoxy) is 3. The van der Waals surface area contributed by atoms with E-state index >= 15 is 0 Å². The van der Waals surface area contributed by atoms with Crippen molar-refractivity contribution in [3.05, 3.63) is 25.0 Å². The Bertz CT molecular complexity index is 417. The molecule has 27 heavy (non-hydrogen) atoms. The van der Waals surface area contributed by atoms with Gasteiger partial charge >= 0.3 is 12.1 Å². The number of esters is 1. The topological polar surface area (TPSA) is 61.8 Å². The van der Waals surface area contributed by atoms with Crippen LogP contribution in [0.25, 0.3) is 0 Å². The highest BCUT2D eigenvalue weighted by atomic mass is 16.7. The Labute approximate surface area is 165 Å². The van der Waals surface area contributed by atoms with Crippen molar-refractivity contribution in [1.82, 2.24) is 0 Å². The molecule has 0 saturated heterocycles. The summed E-state index contributed by atoms with van der Waals surface area (Å²) in [6.45, 7) is 5.55. The second kappa shape index (κ2) is 19.0. The van der Waals surface area contributed by atoms with Crippen LogP contribution in [0.2, 0.25) is 0 Å². The standard InChI is InChI=1S/C22H38O5/c1-4-6-7-14-17-20(27-22(24)26-5-2)18-15-12-10-8-9-11-13-16-19-21(23)25-3/h5,12,15,20H,2,4,6-11,13-14,16-19H2,1,3H3/b15-12-. The number of unbranched alkanes of at least 4 members (excludes halogenated alkanes) is 8. The molecule has 1 atom stereocenters. The van der Waals surface area contributed by atoms with Crippen LogP contribution in [-0.2, 0) is 19.0 Å². The van der Waals surface area contributed by atoms with Gasteiger partial charge in [0.05, 0.1) is 13.4 Å². The molecule has 5 heteroatoms. The number of hydrogen-bond donors (Lipinski definition) is 0. The van der Waals surface area contributed by atoms with Gasteiger partial charge in [0, 0.05) is 12.8 Å². The van der Waals surface area contributed by atoms with Gasteiger partial charge in [-0.2, -0.15) is 0 Å². The van der Waals surface area contributed by atoms with Crippen LogP contribution in [-0.4, -0.2) is 25.3 Å². The largest absolute Gasteiger partial charge is 0.513 e. The molecular weight excluding hydrogens is 344 g/mol. The van der Waals surface area contributed by atoms with E-state index in [1.54, 1.807) is 0 Å². The zero-order valence-corrected chi connectivity index (χ0v) is 17.3. The van der Waals surface area contributed by atoms with E-state index in [1.807, 2.05) is 0 Å². The van der Waals surface area contributed by atoms with Crippen molar-refractivity contribution in [2.24, 2.45) is 0 Å². The van der Waals surface area contributed by atoms with E-state index in [0.717, 1.165) is 70.5 Å². The van der Waals surface area contributed by atoms with Crippen molar-refractivity contribution in [3.63, 3.8) is 0 Å². The first-order valence-electron chi connectivity index (χ1n) is 10.3. The lowest BCUT2D eigenvalue weighted by Crippen LogP contribution is -2.17. The average molecular weight is 383 g/mol. The van der Waals surface area contributed by atoms with E-state index in [1.165, 1.54) is 20.0 Å². The van der Waals surface area contributed by atoms with Gasteiger partial charge in [0.2, 0.25) is 0 Å². The summed E-state index contributed by atoms with van der Waals surface area (Å²) < 4.78 is 14.6. The van der Waals surface area contributed by atoms with Crippen molar-refractivity contribution < 1.29 is 23.8 Å². The predicted octanol–water partition coefficient (Wildman–Crippen LogP) is 6.47. The summed E-state index contributed by atoms with van der Waals surface area (Å²) in [5.74, 6) is -0.124. The molecule has 0 N–H and O–H groups in total. The third-order valence-electron chi connectivity index (χ3n) is 4.37. The van der Waals surface area contributed by atoms with Crippen LogP contribution >= 0.6 is 0 Å². The number of methoxy groups -OCH3 is 1. The quantitative estimate of drug-likeness (QED) is 0.125. The summed E-state index contributed by atoms with van der Waals surface area (Å²) >= 11 is 0. The first-order valence-corrected chi connectivity index (χ1v) is 10.3. The van der Waals surface area contributed by atoms with Crippen LogP contribution in [0.15, 0.2) is 25.0 Å². The monoisotopic (exact) mass is 382 g/mol. The minimum Gasteiger partial charge on any atom is -0.469 e. The van der Waals surface area contributed by atoms with E-state index < -0.39 is 6.16 Å². The number of allylic oxidation sites excluding steroid dienone is 1. The van der Waals surface area contributed by atoms with E-state index in [-0.39, 0.29) is 12.1 Å². The van der Waals surface area contributed by atoms with E-state index in [2.05, 4.69) is 35.1 Å². The lowest BCUT2D eigenvalue weighted by atomic mass is 10.1. The molecule has 0 aliphatic heterocycles. The molecule has 0 aromatic carbocycles. The first kappa shape index (κ1) is 25.2. The smallest absolute Gasteiger partial charge is 0.469 e. The summed E-state index contributed by atoms with van der Waals surface area (Å²) in [5.41, 5.74) is 0. The van der Waals surface area contributed by atoms with Crippen LogP contribution < -0.4 is 0 Å². The minimum atomic E-state index is -0.675. The zero-order chi connectivity index (χ0) is 20.2. The highest BCUT2D eigenvalue weighted by Crippen LogP contribution is 2.14. The van der Waals surface area contributed by atoms with Crippen LogP contribution in [0, 0.1) is 0 Å². The molecular formula is C22H38O5. The molecule has 156 valence electrons. The summed E-state index contributed by atoms with van der Waals surface area (Å²) in [7, 11) is 1.43. The number of rotatable bonds is 17. The molecule has 0 saturated carbocycles. The molecule has 0 radical (unpaired) electrons. The van der Waals surface area contributed by atoms with Crippen molar-refractivity contribution >= 4 is 12.1 Å². The number of carbonyl (C=O) groups excluding carboxylic acids is 2. The van der Waals surface area contributed by atoms with E-state index in [9.17, 15) is 9.59 Å². The highest BCUT2D eigenvalue weighted by Gasteiger charge is 2.13. The zero-order valence-electron chi connectivity index (χ0n) is 17.3. The minimum absolute atomic E-state index is 0.124. The molecule has 0 aromatic rings. The Hall–Kier alpha value is -1.78. The Morgan fingerprint density at radius 1 is 0.963 bits per heavy atom. The molecule has 0 amide bonds. The third kappa shape index (κ3) is 17.4. The molecule has 1 unspecified atom stereocenters. The van der Waals surface area contributed by atoms with Crippen LogP contribution in [0.5, 0.6) is 0 Å². The van der Waals surface area contributed by atoms with Crippen LogP contribution in [0.1, 0.15) is 90.4 Å². The summed E-state index contributed by atoms with van der Waals surface area (Å²) in [5, 5.41) is 0. The summed E-state index contributed by atoms with van der Waals surface area (Å²) in [6.07, 6.45) is 17.7. The molecule has 0 aliphatic rings. The maximum atomic E-state index is 11.5. The van der Waals surface area contributed by atoms with Gasteiger partial charge in [0.1, 0.15) is 6.10 Å². The second-order valence-electron chi connectivity index (χ2n) is 6.71. The number of carbonyl (C=O) groups is 2. The highest BCUT2D eigenvalue weighted by molar-refractivity contribution is 5.68. The Morgan fingerprint density at radius 3 is 2.37 bits per heavy atom. The molecule has 0 aromatic heterocycles. The van der Waals surface area contributed by atoms with Gasteiger partial charge in [-0.3, -0.25) is 4.79 Å². The molecule has 0 rings (SSSR count). The van der Waals surface area contributed by atoms with Gasteiger partial charge in [0.25, 0.3) is 0 Å². The average Bonchev–Trinajstić information content (AvgIpc) is 2.66. The molecule has 0 bridgehead atoms. The molecule has 5 nitrogen and oxygen atoms in total. The Morgan fingerprint density at radius 2 is 1.67 bits per heavy atom. The van der Waals surface area contributed by atoms with Gasteiger partial charge in [-0.25, -0.2) is 4.79 Å². The van der Waals surface area contributed by atoms with E-state index in [4.69, 9.17) is 4.74 Å². The normalized spacial score (nSPS) is 11.9. The van der Waals surface area contributed by atoms with Gasteiger partial charge in [0.15, 0.2) is 0 Å². The molecule has 0 spiro atoms. The second-order valence-corrected chi connectivity index (χ2v) is 6.71. The molecule has 0 heterocycles. The van der Waals surface area contributed by atoms with Crippen molar-refractivity contribution in [2.75, 3.05) is 7.11 Å². The van der Waals surface area contributed by atoms with Crippen molar-refractivity contribution in [1.29, 1.82) is 0 Å². The third-order valence-corrected chi connectivity index (χ3v) is 4.37. The SMILES string of the molecule is C=COC(=O)OC(C/C=C\CCCCCCCC(=O)OC)CCCCCC. The first-order chi connectivity index (χ1) is 13.1.